The molecule has 0 spiro atoms. The maximum absolute atomic E-state index is 4.63. The van der Waals surface area contributed by atoms with E-state index in [2.05, 4.69) is 53.7 Å². The van der Waals surface area contributed by atoms with Gasteiger partial charge in [0.05, 0.1) is 0 Å². The van der Waals surface area contributed by atoms with Gasteiger partial charge in [0, 0.05) is 17.0 Å². The summed E-state index contributed by atoms with van der Waals surface area (Å²) >= 11 is 1.64. The third kappa shape index (κ3) is 2.76. The zero-order chi connectivity index (χ0) is 15.0. The van der Waals surface area contributed by atoms with Crippen LogP contribution in [-0.2, 0) is 0 Å². The fourth-order valence-electron chi connectivity index (χ4n) is 1.88. The highest BCUT2D eigenvalue weighted by atomic mass is 32.1. The molecule has 110 valence electrons. The molecule has 0 aliphatic carbocycles. The first-order valence-corrected chi connectivity index (χ1v) is 7.91. The van der Waals surface area contributed by atoms with E-state index in [1.165, 1.54) is 0 Å². The van der Waals surface area contributed by atoms with Gasteiger partial charge in [-0.05, 0) is 35.9 Å². The summed E-state index contributed by atoms with van der Waals surface area (Å²) in [5.74, 6) is 1.61. The van der Waals surface area contributed by atoms with Crippen molar-refractivity contribution >= 4 is 22.8 Å². The average molecular weight is 301 g/mol. The van der Waals surface area contributed by atoms with Gasteiger partial charge in [-0.25, -0.2) is 0 Å². The van der Waals surface area contributed by atoms with E-state index in [0.29, 0.717) is 6.04 Å². The molecular weight excluding hydrogens is 282 g/mol. The normalized spacial score (nSPS) is 13.5. The third-order valence-corrected chi connectivity index (χ3v) is 4.39. The van der Waals surface area contributed by atoms with Crippen molar-refractivity contribution in [2.45, 2.75) is 33.7 Å². The Morgan fingerprint density at radius 1 is 1.19 bits per heavy atom. The van der Waals surface area contributed by atoms with E-state index in [0.717, 1.165) is 22.9 Å². The maximum atomic E-state index is 4.63. The molecule has 0 amide bonds. The Labute approximate surface area is 128 Å². The van der Waals surface area contributed by atoms with E-state index in [4.69, 9.17) is 0 Å². The number of aromatic nitrogens is 4. The minimum Gasteiger partial charge on any atom is -0.366 e. The summed E-state index contributed by atoms with van der Waals surface area (Å²) in [4.78, 5) is 0. The van der Waals surface area contributed by atoms with Crippen LogP contribution in [0.15, 0.2) is 29.0 Å². The number of nitrogens with one attached hydrogen (secondary N) is 1. The zero-order valence-electron chi connectivity index (χ0n) is 12.7. The van der Waals surface area contributed by atoms with Crippen LogP contribution in [0, 0.1) is 5.41 Å². The van der Waals surface area contributed by atoms with Crippen molar-refractivity contribution in [3.63, 3.8) is 0 Å². The van der Waals surface area contributed by atoms with Crippen LogP contribution >= 0.6 is 11.3 Å². The summed E-state index contributed by atoms with van der Waals surface area (Å²) in [6, 6.07) is 6.22. The average Bonchev–Trinajstić information content (AvgIpc) is 3.05. The molecule has 0 aliphatic rings. The molecule has 3 rings (SSSR count). The van der Waals surface area contributed by atoms with Gasteiger partial charge in [-0.15, -0.1) is 15.3 Å². The summed E-state index contributed by atoms with van der Waals surface area (Å²) in [7, 11) is 0. The van der Waals surface area contributed by atoms with Gasteiger partial charge in [0.25, 0.3) is 0 Å². The number of rotatable bonds is 3. The number of nitrogens with zero attached hydrogens (tertiary/aromatic N) is 4. The quantitative estimate of drug-likeness (QED) is 0.801. The summed E-state index contributed by atoms with van der Waals surface area (Å²) in [5.41, 5.74) is 1.96. The highest BCUT2D eigenvalue weighted by Gasteiger charge is 2.20. The van der Waals surface area contributed by atoms with Gasteiger partial charge in [-0.2, -0.15) is 15.9 Å². The Bertz CT molecular complexity index is 739. The zero-order valence-corrected chi connectivity index (χ0v) is 13.5. The van der Waals surface area contributed by atoms with Crippen molar-refractivity contribution in [2.24, 2.45) is 5.41 Å². The molecule has 3 aromatic heterocycles. The number of thiophene rings is 1. The lowest BCUT2D eigenvalue weighted by Crippen LogP contribution is -2.31. The van der Waals surface area contributed by atoms with Crippen molar-refractivity contribution in [2.75, 3.05) is 5.32 Å². The molecule has 0 radical (unpaired) electrons. The molecule has 0 fully saturated rings. The van der Waals surface area contributed by atoms with E-state index < -0.39 is 0 Å². The van der Waals surface area contributed by atoms with E-state index in [-0.39, 0.29) is 5.41 Å². The third-order valence-electron chi connectivity index (χ3n) is 3.71. The molecule has 1 N–H and O–H groups in total. The van der Waals surface area contributed by atoms with Gasteiger partial charge in [0.2, 0.25) is 0 Å². The molecule has 1 unspecified atom stereocenters. The first-order valence-electron chi connectivity index (χ1n) is 6.97. The molecule has 0 bridgehead atoms. The van der Waals surface area contributed by atoms with Crippen molar-refractivity contribution < 1.29 is 0 Å². The van der Waals surface area contributed by atoms with Crippen LogP contribution in [0.2, 0.25) is 0 Å². The minimum atomic E-state index is 0.167. The Morgan fingerprint density at radius 2 is 2.00 bits per heavy atom. The van der Waals surface area contributed by atoms with Crippen LogP contribution in [-0.4, -0.2) is 25.9 Å². The fourth-order valence-corrected chi connectivity index (χ4v) is 2.51. The van der Waals surface area contributed by atoms with E-state index in [1.807, 2.05) is 23.6 Å². The molecule has 6 heteroatoms. The molecule has 1 atom stereocenters. The summed E-state index contributed by atoms with van der Waals surface area (Å²) in [5, 5.41) is 20.6. The van der Waals surface area contributed by atoms with Gasteiger partial charge in [0.1, 0.15) is 5.82 Å². The second-order valence-corrected chi connectivity index (χ2v) is 7.04. The number of anilines is 1. The molecule has 0 aliphatic heterocycles. The van der Waals surface area contributed by atoms with Crippen LogP contribution in [0.4, 0.5) is 5.82 Å². The topological polar surface area (TPSA) is 55.1 Å². The van der Waals surface area contributed by atoms with Crippen LogP contribution in [0.3, 0.4) is 0 Å². The van der Waals surface area contributed by atoms with Crippen molar-refractivity contribution in [3.05, 3.63) is 29.0 Å². The van der Waals surface area contributed by atoms with E-state index >= 15 is 0 Å². The predicted octanol–water partition coefficient (Wildman–Crippen LogP) is 3.70. The lowest BCUT2D eigenvalue weighted by molar-refractivity contribution is 0.358. The van der Waals surface area contributed by atoms with E-state index in [1.54, 1.807) is 15.9 Å². The molecule has 0 aromatic carbocycles. The van der Waals surface area contributed by atoms with E-state index in [9.17, 15) is 0 Å². The summed E-state index contributed by atoms with van der Waals surface area (Å²) in [6.45, 7) is 8.79. The van der Waals surface area contributed by atoms with Crippen LogP contribution in [0.5, 0.6) is 0 Å². The van der Waals surface area contributed by atoms with Crippen LogP contribution in [0.1, 0.15) is 27.7 Å². The predicted molar refractivity (Wildman–Crippen MR) is 86.6 cm³/mol. The Kier molecular flexibility index (Phi) is 3.41. The summed E-state index contributed by atoms with van der Waals surface area (Å²) in [6.07, 6.45) is 0. The molecule has 21 heavy (non-hydrogen) atoms. The number of fused-ring (bicyclic) bond motifs is 1. The second kappa shape index (κ2) is 5.11. The van der Waals surface area contributed by atoms with Crippen molar-refractivity contribution in [1.82, 2.24) is 19.8 Å². The molecule has 0 saturated carbocycles. The SMILES string of the molecule is CC(Nc1ccc2nnc(-c3ccsc3)n2n1)C(C)(C)C. The van der Waals surface area contributed by atoms with Crippen molar-refractivity contribution in [3.8, 4) is 11.4 Å². The largest absolute Gasteiger partial charge is 0.366 e. The van der Waals surface area contributed by atoms with Gasteiger partial charge < -0.3 is 5.32 Å². The first kappa shape index (κ1) is 14.0. The minimum absolute atomic E-state index is 0.167. The highest BCUT2D eigenvalue weighted by molar-refractivity contribution is 7.08. The van der Waals surface area contributed by atoms with Crippen molar-refractivity contribution in [1.29, 1.82) is 0 Å². The highest BCUT2D eigenvalue weighted by Crippen LogP contribution is 2.23. The molecule has 0 saturated heterocycles. The first-order chi connectivity index (χ1) is 9.95. The van der Waals surface area contributed by atoms with Crippen LogP contribution in [0.25, 0.3) is 17.0 Å². The monoisotopic (exact) mass is 301 g/mol. The molecule has 3 aromatic rings. The Hall–Kier alpha value is -1.95. The lowest BCUT2D eigenvalue weighted by Gasteiger charge is -2.28. The summed E-state index contributed by atoms with van der Waals surface area (Å²) < 4.78 is 1.79. The lowest BCUT2D eigenvalue weighted by atomic mass is 9.88. The Balaban J connectivity index is 1.98. The van der Waals surface area contributed by atoms with Gasteiger partial charge in [0.15, 0.2) is 11.5 Å². The Morgan fingerprint density at radius 3 is 2.67 bits per heavy atom. The van der Waals surface area contributed by atoms with Gasteiger partial charge >= 0.3 is 0 Å². The molecule has 5 nitrogen and oxygen atoms in total. The second-order valence-electron chi connectivity index (χ2n) is 6.26. The van der Waals surface area contributed by atoms with Crippen LogP contribution < -0.4 is 5.32 Å². The molecule has 3 heterocycles. The fraction of sp³-hybridized carbons (Fsp3) is 0.400. The maximum Gasteiger partial charge on any atom is 0.186 e. The standard InChI is InChI=1S/C15H19N5S/c1-10(15(2,3)4)16-12-5-6-13-17-18-14(20(13)19-12)11-7-8-21-9-11/h5-10H,1-4H3,(H,16,19). The smallest absolute Gasteiger partial charge is 0.186 e. The number of hydrogen-bond acceptors (Lipinski definition) is 5. The van der Waals surface area contributed by atoms with Gasteiger partial charge in [-0.1, -0.05) is 20.8 Å². The number of hydrogen-bond donors (Lipinski definition) is 1. The van der Waals surface area contributed by atoms with Gasteiger partial charge in [-0.3, -0.25) is 0 Å². The molecular formula is C15H19N5S.